The third-order valence-corrected chi connectivity index (χ3v) is 3.95. The molecule has 0 fully saturated rings. The molecule has 0 spiro atoms. The smallest absolute Gasteiger partial charge is 0.119 e. The number of nitrogens with zero attached hydrogens (tertiary/aromatic N) is 2. The van der Waals surface area contributed by atoms with E-state index in [1.54, 1.807) is 6.33 Å². The Hall–Kier alpha value is -3.08. The second-order valence-corrected chi connectivity index (χ2v) is 5.68. The summed E-state index contributed by atoms with van der Waals surface area (Å²) >= 11 is 0. The van der Waals surface area contributed by atoms with Gasteiger partial charge in [-0.25, -0.2) is 9.97 Å². The molecule has 5 nitrogen and oxygen atoms in total. The van der Waals surface area contributed by atoms with Crippen molar-refractivity contribution in [3.8, 4) is 5.75 Å². The van der Waals surface area contributed by atoms with Gasteiger partial charge in [0.05, 0.1) is 17.8 Å². The molecule has 2 N–H and O–H groups in total. The van der Waals surface area contributed by atoms with E-state index >= 15 is 0 Å². The topological polar surface area (TPSA) is 62.8 Å². The highest BCUT2D eigenvalue weighted by molar-refractivity contribution is 6.10. The van der Waals surface area contributed by atoms with Crippen LogP contribution in [-0.4, -0.2) is 21.6 Å². The van der Waals surface area contributed by atoms with Crippen LogP contribution in [0.4, 0.5) is 11.4 Å². The van der Waals surface area contributed by atoms with E-state index in [-0.39, 0.29) is 0 Å². The summed E-state index contributed by atoms with van der Waals surface area (Å²) in [5.74, 6) is 0.870. The molecule has 2 aromatic carbocycles. The van der Waals surface area contributed by atoms with Gasteiger partial charge in [-0.15, -0.1) is 0 Å². The Morgan fingerprint density at radius 1 is 1.08 bits per heavy atom. The predicted molar refractivity (Wildman–Crippen MR) is 97.0 cm³/mol. The van der Waals surface area contributed by atoms with Gasteiger partial charge < -0.3 is 15.0 Å². The zero-order valence-electron chi connectivity index (χ0n) is 13.6. The summed E-state index contributed by atoms with van der Waals surface area (Å²) in [7, 11) is 0. The number of aryl methyl sites for hydroxylation is 1. The number of nitrogens with one attached hydrogen (secondary N) is 2. The minimum atomic E-state index is 0.665. The quantitative estimate of drug-likeness (QED) is 0.579. The molecule has 0 radical (unpaired) electrons. The molecule has 5 heteroatoms. The van der Waals surface area contributed by atoms with Crippen LogP contribution >= 0.6 is 0 Å². The molecule has 0 saturated carbocycles. The first-order chi connectivity index (χ1) is 11.7. The molecule has 0 unspecified atom stereocenters. The van der Waals surface area contributed by atoms with Crippen molar-refractivity contribution in [2.75, 3.05) is 11.9 Å². The van der Waals surface area contributed by atoms with E-state index < -0.39 is 0 Å². The van der Waals surface area contributed by atoms with E-state index in [2.05, 4.69) is 26.3 Å². The number of imidazole rings is 1. The Balaban J connectivity index is 1.81. The molecule has 4 rings (SSSR count). The molecule has 0 aliphatic carbocycles. The normalized spacial score (nSPS) is 11.1. The molecule has 120 valence electrons. The first kappa shape index (κ1) is 14.5. The van der Waals surface area contributed by atoms with Crippen molar-refractivity contribution >= 4 is 33.3 Å². The number of pyridine rings is 1. The van der Waals surface area contributed by atoms with Crippen molar-refractivity contribution in [3.05, 3.63) is 54.5 Å². The van der Waals surface area contributed by atoms with Gasteiger partial charge in [-0.1, -0.05) is 0 Å². The molecule has 2 heterocycles. The van der Waals surface area contributed by atoms with Gasteiger partial charge >= 0.3 is 0 Å². The average Bonchev–Trinajstić information content (AvgIpc) is 3.05. The fourth-order valence-electron chi connectivity index (χ4n) is 2.93. The molecular formula is C19H18N4O. The standard InChI is InChI=1S/C19H18N4O/c1-3-24-14-6-4-13(5-7-14)23-17-10-12(2)22-15-8-9-16-19(18(15)17)21-11-20-16/h4-11,22-23H,3H2,1-2H3. The number of H-pyrrole nitrogens is 1. The van der Waals surface area contributed by atoms with Gasteiger partial charge in [-0.05, 0) is 56.3 Å². The zero-order valence-corrected chi connectivity index (χ0v) is 13.6. The van der Waals surface area contributed by atoms with Gasteiger partial charge in [0, 0.05) is 22.3 Å². The summed E-state index contributed by atoms with van der Waals surface area (Å²) in [6, 6.07) is 14.1. The molecule has 0 aliphatic rings. The lowest BCUT2D eigenvalue weighted by Crippen LogP contribution is -1.96. The fraction of sp³-hybridized carbons (Fsp3) is 0.158. The Labute approximate surface area is 139 Å². The van der Waals surface area contributed by atoms with Crippen LogP contribution in [0.2, 0.25) is 0 Å². The third-order valence-electron chi connectivity index (χ3n) is 3.95. The molecule has 4 aromatic rings. The second kappa shape index (κ2) is 5.85. The van der Waals surface area contributed by atoms with Gasteiger partial charge in [-0.2, -0.15) is 0 Å². The van der Waals surface area contributed by atoms with Crippen LogP contribution in [0, 0.1) is 6.92 Å². The Morgan fingerprint density at radius 2 is 1.92 bits per heavy atom. The maximum atomic E-state index is 5.50. The van der Waals surface area contributed by atoms with Gasteiger partial charge in [0.2, 0.25) is 0 Å². The molecular weight excluding hydrogens is 300 g/mol. The molecule has 0 aliphatic heterocycles. The molecule has 0 amide bonds. The van der Waals surface area contributed by atoms with Crippen molar-refractivity contribution < 1.29 is 4.74 Å². The van der Waals surface area contributed by atoms with Crippen LogP contribution in [0.3, 0.4) is 0 Å². The van der Waals surface area contributed by atoms with Gasteiger partial charge in [-0.3, -0.25) is 0 Å². The van der Waals surface area contributed by atoms with Crippen LogP contribution in [0.1, 0.15) is 12.6 Å². The number of fused-ring (bicyclic) bond motifs is 3. The summed E-state index contributed by atoms with van der Waals surface area (Å²) < 4.78 is 5.50. The van der Waals surface area contributed by atoms with Crippen LogP contribution < -0.4 is 10.1 Å². The first-order valence-corrected chi connectivity index (χ1v) is 7.97. The summed E-state index contributed by atoms with van der Waals surface area (Å²) in [5, 5.41) is 4.54. The minimum absolute atomic E-state index is 0.665. The van der Waals surface area contributed by atoms with Crippen molar-refractivity contribution in [1.29, 1.82) is 0 Å². The average molecular weight is 318 g/mol. The number of ether oxygens (including phenoxy) is 1. The van der Waals surface area contributed by atoms with Gasteiger partial charge in [0.1, 0.15) is 17.6 Å². The Morgan fingerprint density at radius 3 is 2.71 bits per heavy atom. The molecule has 2 aromatic heterocycles. The van der Waals surface area contributed by atoms with Crippen LogP contribution in [0.25, 0.3) is 21.9 Å². The predicted octanol–water partition coefficient (Wildman–Crippen LogP) is 4.56. The summed E-state index contributed by atoms with van der Waals surface area (Å²) in [6.07, 6.45) is 1.60. The SMILES string of the molecule is CCOc1ccc(Nc2cc(C)[nH]c3ccc4ncnc4c23)cc1. The van der Waals surface area contributed by atoms with Gasteiger partial charge in [0.15, 0.2) is 0 Å². The van der Waals surface area contributed by atoms with Gasteiger partial charge in [0.25, 0.3) is 0 Å². The number of hydrogen-bond acceptors (Lipinski definition) is 4. The lowest BCUT2D eigenvalue weighted by Gasteiger charge is -2.13. The number of aromatic nitrogens is 3. The molecule has 0 atom stereocenters. The summed E-state index contributed by atoms with van der Waals surface area (Å²) in [4.78, 5) is 12.1. The number of rotatable bonds is 4. The molecule has 0 saturated heterocycles. The highest BCUT2D eigenvalue weighted by Gasteiger charge is 2.10. The lowest BCUT2D eigenvalue weighted by atomic mass is 10.1. The summed E-state index contributed by atoms with van der Waals surface area (Å²) in [6.45, 7) is 4.69. The Bertz CT molecular complexity index is 1010. The highest BCUT2D eigenvalue weighted by atomic mass is 16.5. The number of aromatic amines is 1. The molecule has 0 bridgehead atoms. The van der Waals surface area contributed by atoms with E-state index in [0.29, 0.717) is 6.61 Å². The van der Waals surface area contributed by atoms with E-state index in [1.165, 1.54) is 0 Å². The van der Waals surface area contributed by atoms with Crippen molar-refractivity contribution in [1.82, 2.24) is 15.0 Å². The number of anilines is 2. The van der Waals surface area contributed by atoms with Crippen LogP contribution in [-0.2, 0) is 0 Å². The zero-order chi connectivity index (χ0) is 16.5. The van der Waals surface area contributed by atoms with E-state index in [1.807, 2.05) is 50.2 Å². The second-order valence-electron chi connectivity index (χ2n) is 5.68. The van der Waals surface area contributed by atoms with Crippen molar-refractivity contribution in [3.63, 3.8) is 0 Å². The lowest BCUT2D eigenvalue weighted by molar-refractivity contribution is 0.340. The van der Waals surface area contributed by atoms with E-state index in [4.69, 9.17) is 4.74 Å². The largest absolute Gasteiger partial charge is 0.494 e. The maximum absolute atomic E-state index is 5.50. The minimum Gasteiger partial charge on any atom is -0.494 e. The van der Waals surface area contributed by atoms with Crippen LogP contribution in [0.15, 0.2) is 48.8 Å². The molecule has 24 heavy (non-hydrogen) atoms. The van der Waals surface area contributed by atoms with Crippen LogP contribution in [0.5, 0.6) is 5.75 Å². The summed E-state index contributed by atoms with van der Waals surface area (Å²) in [5.41, 5.74) is 5.93. The number of hydrogen-bond donors (Lipinski definition) is 2. The van der Waals surface area contributed by atoms with Crippen molar-refractivity contribution in [2.24, 2.45) is 0 Å². The monoisotopic (exact) mass is 318 g/mol. The van der Waals surface area contributed by atoms with E-state index in [9.17, 15) is 0 Å². The maximum Gasteiger partial charge on any atom is 0.119 e. The Kier molecular flexibility index (Phi) is 3.54. The fourth-order valence-corrected chi connectivity index (χ4v) is 2.93. The third kappa shape index (κ3) is 2.54. The van der Waals surface area contributed by atoms with Crippen molar-refractivity contribution in [2.45, 2.75) is 13.8 Å². The first-order valence-electron chi connectivity index (χ1n) is 7.97. The highest BCUT2D eigenvalue weighted by Crippen LogP contribution is 2.31. The number of benzene rings is 2. The van der Waals surface area contributed by atoms with E-state index in [0.717, 1.165) is 44.8 Å².